The second-order valence-corrected chi connectivity index (χ2v) is 5.09. The van der Waals surface area contributed by atoms with Crippen molar-refractivity contribution in [2.75, 3.05) is 20.3 Å². The van der Waals surface area contributed by atoms with Gasteiger partial charge in [-0.05, 0) is 12.8 Å². The smallest absolute Gasteiger partial charge is 0.267 e. The molecule has 1 heterocycles. The first-order chi connectivity index (χ1) is 9.04. The quantitative estimate of drug-likeness (QED) is 0.729. The molecule has 0 radical (unpaired) electrons. The van der Waals surface area contributed by atoms with Crippen LogP contribution < -0.4 is 10.9 Å². The van der Waals surface area contributed by atoms with E-state index in [0.717, 1.165) is 25.3 Å². The van der Waals surface area contributed by atoms with E-state index >= 15 is 0 Å². The molecule has 1 aliphatic rings. The van der Waals surface area contributed by atoms with Gasteiger partial charge in [0, 0.05) is 31.2 Å². The maximum atomic E-state index is 11.9. The van der Waals surface area contributed by atoms with Gasteiger partial charge in [-0.1, -0.05) is 6.42 Å². The number of ether oxygens (including phenoxy) is 1. The van der Waals surface area contributed by atoms with Crippen LogP contribution in [0.1, 0.15) is 29.8 Å². The molecule has 104 valence electrons. The molecule has 0 bridgehead atoms. The minimum absolute atomic E-state index is 0.0154. The van der Waals surface area contributed by atoms with Gasteiger partial charge in [0.1, 0.15) is 11.4 Å². The van der Waals surface area contributed by atoms with Crippen molar-refractivity contribution in [1.29, 1.82) is 0 Å². The summed E-state index contributed by atoms with van der Waals surface area (Å²) in [5, 5.41) is 12.1. The Morgan fingerprint density at radius 2 is 2.26 bits per heavy atom. The molecule has 1 fully saturated rings. The van der Waals surface area contributed by atoms with Crippen molar-refractivity contribution in [2.45, 2.75) is 19.3 Å². The molecule has 0 aromatic carbocycles. The van der Waals surface area contributed by atoms with Crippen molar-refractivity contribution < 1.29 is 14.6 Å². The van der Waals surface area contributed by atoms with Gasteiger partial charge in [-0.15, -0.1) is 0 Å². The number of nitrogens with one attached hydrogen (secondary N) is 2. The number of aromatic nitrogens is 1. The lowest BCUT2D eigenvalue weighted by Crippen LogP contribution is -2.45. The Morgan fingerprint density at radius 1 is 1.53 bits per heavy atom. The molecular weight excluding hydrogens is 248 g/mol. The van der Waals surface area contributed by atoms with Crippen molar-refractivity contribution in [2.24, 2.45) is 5.41 Å². The van der Waals surface area contributed by atoms with Crippen LogP contribution >= 0.6 is 0 Å². The van der Waals surface area contributed by atoms with E-state index in [2.05, 4.69) is 10.3 Å². The molecule has 1 aromatic rings. The van der Waals surface area contributed by atoms with Crippen molar-refractivity contribution in [3.8, 4) is 5.75 Å². The molecular formula is C13H18N2O4. The molecule has 1 aromatic heterocycles. The highest BCUT2D eigenvalue weighted by atomic mass is 16.5. The predicted molar refractivity (Wildman–Crippen MR) is 69.2 cm³/mol. The standard InChI is InChI=1S/C13H18N2O4/c1-19-8-13(3-2-4-13)7-14-12(18)10-5-9(16)6-11(17)15-10/h5-6H,2-4,7-8H2,1H3,(H,14,18)(H2,15,16,17). The summed E-state index contributed by atoms with van der Waals surface area (Å²) in [5.41, 5.74) is -0.418. The Labute approximate surface area is 110 Å². The lowest BCUT2D eigenvalue weighted by molar-refractivity contribution is 0.0179. The maximum Gasteiger partial charge on any atom is 0.267 e. The van der Waals surface area contributed by atoms with Gasteiger partial charge in [-0.2, -0.15) is 0 Å². The number of carbonyl (C=O) groups is 1. The van der Waals surface area contributed by atoms with E-state index < -0.39 is 11.5 Å². The van der Waals surface area contributed by atoms with Crippen LogP contribution in [-0.4, -0.2) is 36.3 Å². The topological polar surface area (TPSA) is 91.4 Å². The van der Waals surface area contributed by atoms with Gasteiger partial charge in [0.05, 0.1) is 6.61 Å². The number of hydrogen-bond acceptors (Lipinski definition) is 4. The highest BCUT2D eigenvalue weighted by Gasteiger charge is 2.37. The zero-order chi connectivity index (χ0) is 13.9. The van der Waals surface area contributed by atoms with Gasteiger partial charge < -0.3 is 20.1 Å². The molecule has 0 unspecified atom stereocenters. The molecule has 2 rings (SSSR count). The second kappa shape index (κ2) is 5.44. The third-order valence-electron chi connectivity index (χ3n) is 3.56. The molecule has 0 saturated heterocycles. The SMILES string of the molecule is COCC1(CNC(=O)c2cc(O)cc(=O)[nH]2)CCC1. The third-order valence-corrected chi connectivity index (χ3v) is 3.56. The molecule has 1 saturated carbocycles. The first-order valence-corrected chi connectivity index (χ1v) is 6.25. The fourth-order valence-electron chi connectivity index (χ4n) is 2.37. The van der Waals surface area contributed by atoms with Gasteiger partial charge in [-0.3, -0.25) is 9.59 Å². The minimum Gasteiger partial charge on any atom is -0.508 e. The zero-order valence-corrected chi connectivity index (χ0v) is 10.9. The normalized spacial score (nSPS) is 16.7. The fraction of sp³-hybridized carbons (Fsp3) is 0.538. The van der Waals surface area contributed by atoms with Crippen LogP contribution in [0.25, 0.3) is 0 Å². The van der Waals surface area contributed by atoms with Gasteiger partial charge >= 0.3 is 0 Å². The first kappa shape index (κ1) is 13.6. The monoisotopic (exact) mass is 266 g/mol. The van der Waals surface area contributed by atoms with Gasteiger partial charge in [0.15, 0.2) is 0 Å². The van der Waals surface area contributed by atoms with Gasteiger partial charge in [0.25, 0.3) is 11.5 Å². The number of aromatic hydroxyl groups is 1. The first-order valence-electron chi connectivity index (χ1n) is 6.25. The van der Waals surface area contributed by atoms with E-state index in [1.807, 2.05) is 0 Å². The molecule has 0 spiro atoms. The number of H-pyrrole nitrogens is 1. The third kappa shape index (κ3) is 3.14. The Morgan fingerprint density at radius 3 is 2.79 bits per heavy atom. The van der Waals surface area contributed by atoms with Crippen LogP contribution in [0.4, 0.5) is 0 Å². The molecule has 0 atom stereocenters. The minimum atomic E-state index is -0.500. The van der Waals surface area contributed by atoms with E-state index in [9.17, 15) is 14.7 Å². The Balaban J connectivity index is 1.99. The summed E-state index contributed by atoms with van der Waals surface area (Å²) in [6.45, 7) is 1.13. The van der Waals surface area contributed by atoms with Gasteiger partial charge in [0.2, 0.25) is 0 Å². The number of pyridine rings is 1. The van der Waals surface area contributed by atoms with Crippen molar-refractivity contribution >= 4 is 5.91 Å². The number of hydrogen-bond donors (Lipinski definition) is 3. The van der Waals surface area contributed by atoms with Gasteiger partial charge in [-0.25, -0.2) is 0 Å². The second-order valence-electron chi connectivity index (χ2n) is 5.09. The Kier molecular flexibility index (Phi) is 3.90. The number of rotatable bonds is 5. The summed E-state index contributed by atoms with van der Waals surface area (Å²) >= 11 is 0. The molecule has 6 nitrogen and oxygen atoms in total. The lowest BCUT2D eigenvalue weighted by Gasteiger charge is -2.41. The molecule has 6 heteroatoms. The van der Waals surface area contributed by atoms with Crippen LogP contribution in [0.5, 0.6) is 5.75 Å². The summed E-state index contributed by atoms with van der Waals surface area (Å²) < 4.78 is 5.18. The van der Waals surface area contributed by atoms with E-state index in [1.165, 1.54) is 6.07 Å². The van der Waals surface area contributed by atoms with Crippen molar-refractivity contribution in [1.82, 2.24) is 10.3 Å². The molecule has 1 aliphatic carbocycles. The Bertz CT molecular complexity index is 520. The maximum absolute atomic E-state index is 11.9. The summed E-state index contributed by atoms with van der Waals surface area (Å²) in [4.78, 5) is 25.5. The summed E-state index contributed by atoms with van der Waals surface area (Å²) in [6, 6.07) is 2.26. The summed E-state index contributed by atoms with van der Waals surface area (Å²) in [6.07, 6.45) is 3.19. The van der Waals surface area contributed by atoms with E-state index in [1.54, 1.807) is 7.11 Å². The van der Waals surface area contributed by atoms with Crippen molar-refractivity contribution in [3.63, 3.8) is 0 Å². The van der Waals surface area contributed by atoms with Crippen LogP contribution in [-0.2, 0) is 4.74 Å². The average molecular weight is 266 g/mol. The average Bonchev–Trinajstić information content (AvgIpc) is 2.30. The Hall–Kier alpha value is -1.82. The van der Waals surface area contributed by atoms with Crippen LogP contribution in [0.3, 0.4) is 0 Å². The fourth-order valence-corrected chi connectivity index (χ4v) is 2.37. The van der Waals surface area contributed by atoms with Crippen LogP contribution in [0.15, 0.2) is 16.9 Å². The van der Waals surface area contributed by atoms with Crippen molar-refractivity contribution in [3.05, 3.63) is 28.2 Å². The van der Waals surface area contributed by atoms with Crippen LogP contribution in [0.2, 0.25) is 0 Å². The molecule has 0 aliphatic heterocycles. The van der Waals surface area contributed by atoms with E-state index in [4.69, 9.17) is 4.74 Å². The number of carbonyl (C=O) groups excluding carboxylic acids is 1. The van der Waals surface area contributed by atoms with E-state index in [-0.39, 0.29) is 16.9 Å². The number of amides is 1. The molecule has 1 amide bonds. The predicted octanol–water partition coefficient (Wildman–Crippen LogP) is 0.627. The summed E-state index contributed by atoms with van der Waals surface area (Å²) in [5.74, 6) is -0.612. The zero-order valence-electron chi connectivity index (χ0n) is 10.9. The lowest BCUT2D eigenvalue weighted by atomic mass is 9.69. The van der Waals surface area contributed by atoms with Crippen LogP contribution in [0, 0.1) is 5.41 Å². The molecule has 19 heavy (non-hydrogen) atoms. The largest absolute Gasteiger partial charge is 0.508 e. The molecule has 3 N–H and O–H groups in total. The summed E-state index contributed by atoms with van der Waals surface area (Å²) in [7, 11) is 1.65. The highest BCUT2D eigenvalue weighted by molar-refractivity contribution is 5.92. The number of aromatic amines is 1. The number of methoxy groups -OCH3 is 1. The van der Waals surface area contributed by atoms with E-state index in [0.29, 0.717) is 13.2 Å². The highest BCUT2D eigenvalue weighted by Crippen LogP contribution is 2.40.